The predicted molar refractivity (Wildman–Crippen MR) is 101 cm³/mol. The van der Waals surface area contributed by atoms with Gasteiger partial charge in [-0.1, -0.05) is 41.4 Å². The third-order valence-electron chi connectivity index (χ3n) is 3.72. The molecule has 0 unspecified atom stereocenters. The minimum Gasteiger partial charge on any atom is -0.406 e. The molecular weight excluding hydrogens is 432 g/mol. The molecule has 0 radical (unpaired) electrons. The van der Waals surface area contributed by atoms with Gasteiger partial charge in [0.25, 0.3) is 0 Å². The van der Waals surface area contributed by atoms with Crippen LogP contribution in [-0.2, 0) is 12.6 Å². The summed E-state index contributed by atoms with van der Waals surface area (Å²) in [5, 5.41) is 6.61. The molecule has 29 heavy (non-hydrogen) atoms. The molecular formula is C18H13Cl2F3N4O2. The van der Waals surface area contributed by atoms with Crippen molar-refractivity contribution < 1.29 is 22.7 Å². The van der Waals surface area contributed by atoms with Crippen molar-refractivity contribution in [2.24, 2.45) is 0 Å². The van der Waals surface area contributed by atoms with E-state index in [-0.39, 0.29) is 17.5 Å². The molecule has 0 saturated carbocycles. The lowest BCUT2D eigenvalue weighted by Crippen LogP contribution is -2.29. The molecule has 2 aromatic heterocycles. The van der Waals surface area contributed by atoms with Gasteiger partial charge in [-0.25, -0.2) is 14.5 Å². The first-order chi connectivity index (χ1) is 13.7. The van der Waals surface area contributed by atoms with Crippen LogP contribution in [0.25, 0.3) is 5.82 Å². The van der Waals surface area contributed by atoms with Gasteiger partial charge in [-0.15, -0.1) is 0 Å². The van der Waals surface area contributed by atoms with Gasteiger partial charge in [0, 0.05) is 11.6 Å². The van der Waals surface area contributed by atoms with Crippen molar-refractivity contribution in [1.29, 1.82) is 0 Å². The third kappa shape index (κ3) is 5.39. The molecule has 3 aromatic rings. The zero-order valence-corrected chi connectivity index (χ0v) is 16.1. The van der Waals surface area contributed by atoms with Crippen LogP contribution in [-0.4, -0.2) is 27.4 Å². The molecule has 0 fully saturated rings. The zero-order chi connectivity index (χ0) is 21.0. The number of alkyl halides is 3. The number of aromatic nitrogens is 3. The summed E-state index contributed by atoms with van der Waals surface area (Å²) in [5.41, 5.74) is -0.384. The molecule has 0 saturated heterocycles. The van der Waals surface area contributed by atoms with Gasteiger partial charge in [0.05, 0.1) is 6.20 Å². The summed E-state index contributed by atoms with van der Waals surface area (Å²) < 4.78 is 46.0. The number of ether oxygens (including phenoxy) is 1. The third-order valence-corrected chi connectivity index (χ3v) is 4.18. The van der Waals surface area contributed by atoms with Gasteiger partial charge >= 0.3 is 12.3 Å². The molecule has 0 atom stereocenters. The highest BCUT2D eigenvalue weighted by Crippen LogP contribution is 2.37. The Morgan fingerprint density at radius 1 is 1.14 bits per heavy atom. The SMILES string of the molecule is O=C(NCCc1ccc(Cl)cc1)Oc1cnn(-c2cccc(Cl)n2)c1C(F)(F)F. The van der Waals surface area contributed by atoms with Gasteiger partial charge in [-0.3, -0.25) is 0 Å². The molecule has 0 aliphatic carbocycles. The van der Waals surface area contributed by atoms with Gasteiger partial charge in [-0.05, 0) is 36.2 Å². The van der Waals surface area contributed by atoms with Crippen molar-refractivity contribution >= 4 is 29.3 Å². The number of carbonyl (C=O) groups excluding carboxylic acids is 1. The minimum atomic E-state index is -4.85. The van der Waals surface area contributed by atoms with Crippen molar-refractivity contribution in [3.63, 3.8) is 0 Å². The molecule has 3 rings (SSSR count). The van der Waals surface area contributed by atoms with Crippen LogP contribution in [0.3, 0.4) is 0 Å². The maximum absolute atomic E-state index is 13.5. The first-order valence-corrected chi connectivity index (χ1v) is 8.98. The lowest BCUT2D eigenvalue weighted by molar-refractivity contribution is -0.143. The number of halogens is 5. The van der Waals surface area contributed by atoms with Crippen LogP contribution >= 0.6 is 23.2 Å². The van der Waals surface area contributed by atoms with Crippen molar-refractivity contribution in [2.75, 3.05) is 6.54 Å². The summed E-state index contributed by atoms with van der Waals surface area (Å²) in [6.07, 6.45) is -4.64. The van der Waals surface area contributed by atoms with E-state index in [0.717, 1.165) is 11.8 Å². The molecule has 6 nitrogen and oxygen atoms in total. The molecule has 11 heteroatoms. The number of amides is 1. The standard InChI is InChI=1S/C18H13Cl2F3N4O2/c19-12-6-4-11(5-7-12)8-9-24-17(28)29-13-10-25-27(16(13)18(21,22)23)15-3-1-2-14(20)26-15/h1-7,10H,8-9H2,(H,24,28). The summed E-state index contributed by atoms with van der Waals surface area (Å²) in [7, 11) is 0. The topological polar surface area (TPSA) is 69.0 Å². The fourth-order valence-electron chi connectivity index (χ4n) is 2.45. The van der Waals surface area contributed by atoms with Gasteiger partial charge in [0.15, 0.2) is 17.3 Å². The van der Waals surface area contributed by atoms with Crippen LogP contribution < -0.4 is 10.1 Å². The number of carbonyl (C=O) groups is 1. The molecule has 1 aromatic carbocycles. The fraction of sp³-hybridized carbons (Fsp3) is 0.167. The number of rotatable bonds is 5. The maximum atomic E-state index is 13.5. The normalized spacial score (nSPS) is 11.3. The van der Waals surface area contributed by atoms with Crippen LogP contribution in [0.2, 0.25) is 10.2 Å². The second-order valence-corrected chi connectivity index (χ2v) is 6.60. The van der Waals surface area contributed by atoms with Crippen molar-refractivity contribution in [3.05, 3.63) is 70.1 Å². The van der Waals surface area contributed by atoms with Crippen LogP contribution in [0, 0.1) is 0 Å². The Labute approximate surface area is 173 Å². The molecule has 1 amide bonds. The van der Waals surface area contributed by atoms with E-state index in [9.17, 15) is 18.0 Å². The Bertz CT molecular complexity index is 1010. The van der Waals surface area contributed by atoms with E-state index in [0.29, 0.717) is 16.1 Å². The number of pyridine rings is 1. The van der Waals surface area contributed by atoms with E-state index in [4.69, 9.17) is 27.9 Å². The number of hydrogen-bond acceptors (Lipinski definition) is 4. The predicted octanol–water partition coefficient (Wildman–Crippen LogP) is 4.92. The Balaban J connectivity index is 1.71. The second-order valence-electron chi connectivity index (χ2n) is 5.78. The number of benzene rings is 1. The summed E-state index contributed by atoms with van der Waals surface area (Å²) in [5.74, 6) is -0.911. The summed E-state index contributed by atoms with van der Waals surface area (Å²) >= 11 is 11.5. The molecule has 152 valence electrons. The highest BCUT2D eigenvalue weighted by molar-refractivity contribution is 6.30. The minimum absolute atomic E-state index is 0.00599. The van der Waals surface area contributed by atoms with E-state index in [1.54, 1.807) is 24.3 Å². The number of nitrogens with one attached hydrogen (secondary N) is 1. The molecule has 0 bridgehead atoms. The molecule has 0 spiro atoms. The van der Waals surface area contributed by atoms with Crippen molar-refractivity contribution in [2.45, 2.75) is 12.6 Å². The van der Waals surface area contributed by atoms with Crippen molar-refractivity contribution in [3.8, 4) is 11.6 Å². The summed E-state index contributed by atoms with van der Waals surface area (Å²) in [6.45, 7) is 0.159. The van der Waals surface area contributed by atoms with Gasteiger partial charge < -0.3 is 10.1 Å². The average molecular weight is 445 g/mol. The summed E-state index contributed by atoms with van der Waals surface area (Å²) in [4.78, 5) is 15.7. The molecule has 0 aliphatic rings. The molecule has 0 aliphatic heterocycles. The van der Waals surface area contributed by atoms with Gasteiger partial charge in [-0.2, -0.15) is 18.3 Å². The Kier molecular flexibility index (Phi) is 6.29. The first-order valence-electron chi connectivity index (χ1n) is 8.22. The second kappa shape index (κ2) is 8.71. The van der Waals surface area contributed by atoms with E-state index in [2.05, 4.69) is 15.4 Å². The van der Waals surface area contributed by atoms with Crippen LogP contribution in [0.5, 0.6) is 5.75 Å². The quantitative estimate of drug-likeness (QED) is 0.566. The Morgan fingerprint density at radius 2 is 1.86 bits per heavy atom. The smallest absolute Gasteiger partial charge is 0.406 e. The van der Waals surface area contributed by atoms with Crippen LogP contribution in [0.1, 0.15) is 11.3 Å². The number of nitrogens with zero attached hydrogens (tertiary/aromatic N) is 3. The van der Waals surface area contributed by atoms with Gasteiger partial charge in [0.2, 0.25) is 0 Å². The monoisotopic (exact) mass is 444 g/mol. The van der Waals surface area contributed by atoms with E-state index in [1.165, 1.54) is 18.2 Å². The van der Waals surface area contributed by atoms with Crippen LogP contribution in [0.15, 0.2) is 48.7 Å². The maximum Gasteiger partial charge on any atom is 0.437 e. The molecule has 1 N–H and O–H groups in total. The lowest BCUT2D eigenvalue weighted by atomic mass is 10.1. The first kappa shape index (κ1) is 20.9. The number of hydrogen-bond donors (Lipinski definition) is 1. The Hall–Kier alpha value is -2.78. The van der Waals surface area contributed by atoms with Crippen LogP contribution in [0.4, 0.5) is 18.0 Å². The van der Waals surface area contributed by atoms with E-state index < -0.39 is 23.7 Å². The summed E-state index contributed by atoms with van der Waals surface area (Å²) in [6, 6.07) is 11.1. The van der Waals surface area contributed by atoms with Crippen molar-refractivity contribution in [1.82, 2.24) is 20.1 Å². The highest BCUT2D eigenvalue weighted by atomic mass is 35.5. The average Bonchev–Trinajstić information content (AvgIpc) is 3.07. The van der Waals surface area contributed by atoms with E-state index >= 15 is 0 Å². The highest BCUT2D eigenvalue weighted by Gasteiger charge is 2.40. The lowest BCUT2D eigenvalue weighted by Gasteiger charge is -2.12. The Morgan fingerprint density at radius 3 is 2.52 bits per heavy atom. The fourth-order valence-corrected chi connectivity index (χ4v) is 2.74. The largest absolute Gasteiger partial charge is 0.437 e. The van der Waals surface area contributed by atoms with Gasteiger partial charge in [0.1, 0.15) is 5.15 Å². The zero-order valence-electron chi connectivity index (χ0n) is 14.6. The van der Waals surface area contributed by atoms with E-state index in [1.807, 2.05) is 0 Å². The molecule has 2 heterocycles.